The van der Waals surface area contributed by atoms with Gasteiger partial charge in [0, 0.05) is 30.7 Å². The Morgan fingerprint density at radius 2 is 1.91 bits per heavy atom. The van der Waals surface area contributed by atoms with E-state index in [0.29, 0.717) is 12.5 Å². The van der Waals surface area contributed by atoms with Crippen LogP contribution >= 0.6 is 0 Å². The van der Waals surface area contributed by atoms with Crippen LogP contribution in [0.15, 0.2) is 36.8 Å². The van der Waals surface area contributed by atoms with Crippen molar-refractivity contribution in [1.82, 2.24) is 29.9 Å². The summed E-state index contributed by atoms with van der Waals surface area (Å²) in [6.45, 7) is 4.69. The van der Waals surface area contributed by atoms with Crippen molar-refractivity contribution < 1.29 is 0 Å². The molecule has 23 heavy (non-hydrogen) atoms. The summed E-state index contributed by atoms with van der Waals surface area (Å²) >= 11 is 0. The molecule has 0 unspecified atom stereocenters. The minimum Gasteiger partial charge on any atom is -0.349 e. The third kappa shape index (κ3) is 3.33. The fraction of sp³-hybridized carbons (Fsp3) is 0.312. The molecule has 0 radical (unpaired) electrons. The van der Waals surface area contributed by atoms with Crippen molar-refractivity contribution in [2.45, 2.75) is 33.2 Å². The molecule has 118 valence electrons. The fourth-order valence-electron chi connectivity index (χ4n) is 2.36. The number of aryl methyl sites for hydroxylation is 2. The number of anilines is 1. The fourth-order valence-corrected chi connectivity index (χ4v) is 2.36. The maximum absolute atomic E-state index is 4.54. The van der Waals surface area contributed by atoms with Gasteiger partial charge in [0.2, 0.25) is 5.95 Å². The normalized spacial score (nSPS) is 10.7. The van der Waals surface area contributed by atoms with Crippen LogP contribution in [0.2, 0.25) is 0 Å². The summed E-state index contributed by atoms with van der Waals surface area (Å²) in [7, 11) is 0. The summed E-state index contributed by atoms with van der Waals surface area (Å²) in [6, 6.07) is 5.78. The van der Waals surface area contributed by atoms with E-state index in [0.717, 1.165) is 35.6 Å². The molecule has 3 aromatic heterocycles. The Balaban J connectivity index is 1.79. The molecule has 0 saturated carbocycles. The lowest BCUT2D eigenvalue weighted by Crippen LogP contribution is -2.11. The van der Waals surface area contributed by atoms with Gasteiger partial charge in [-0.3, -0.25) is 0 Å². The van der Waals surface area contributed by atoms with Crippen molar-refractivity contribution in [1.29, 1.82) is 0 Å². The molecule has 0 aliphatic heterocycles. The first-order valence-corrected chi connectivity index (χ1v) is 7.72. The number of nitrogens with one attached hydrogen (secondary N) is 1. The van der Waals surface area contributed by atoms with E-state index >= 15 is 0 Å². The standard InChI is InChI=1S/C16H19N7/c1-3-13-14(4-2)21-22-16(20-13)18-11-12-7-5-8-17-15(12)23-10-6-9-19-23/h5-10H,3-4,11H2,1-2H3,(H,18,20,22). The van der Waals surface area contributed by atoms with Crippen LogP contribution < -0.4 is 5.32 Å². The minimum atomic E-state index is 0.536. The van der Waals surface area contributed by atoms with Crippen LogP contribution in [-0.2, 0) is 19.4 Å². The largest absolute Gasteiger partial charge is 0.349 e. The van der Waals surface area contributed by atoms with Gasteiger partial charge in [0.25, 0.3) is 0 Å². The molecule has 0 atom stereocenters. The molecule has 0 spiro atoms. The second-order valence-corrected chi connectivity index (χ2v) is 5.03. The zero-order chi connectivity index (χ0) is 16.1. The summed E-state index contributed by atoms with van der Waals surface area (Å²) in [4.78, 5) is 8.94. The van der Waals surface area contributed by atoms with Gasteiger partial charge in [-0.2, -0.15) is 10.2 Å². The zero-order valence-corrected chi connectivity index (χ0v) is 13.3. The first kappa shape index (κ1) is 15.1. The summed E-state index contributed by atoms with van der Waals surface area (Å²) < 4.78 is 1.74. The topological polar surface area (TPSA) is 81.4 Å². The molecule has 0 fully saturated rings. The summed E-state index contributed by atoms with van der Waals surface area (Å²) in [5.41, 5.74) is 2.96. The second-order valence-electron chi connectivity index (χ2n) is 5.03. The summed E-state index contributed by atoms with van der Waals surface area (Å²) in [5, 5.41) is 15.9. The van der Waals surface area contributed by atoms with Crippen LogP contribution in [0.4, 0.5) is 5.95 Å². The molecule has 3 rings (SSSR count). The van der Waals surface area contributed by atoms with Crippen LogP contribution in [0, 0.1) is 0 Å². The third-order valence-corrected chi connectivity index (χ3v) is 3.54. The summed E-state index contributed by atoms with van der Waals surface area (Å²) in [6.07, 6.45) is 7.04. The second kappa shape index (κ2) is 6.95. The maximum atomic E-state index is 4.54. The van der Waals surface area contributed by atoms with Crippen LogP contribution in [0.5, 0.6) is 0 Å². The highest BCUT2D eigenvalue weighted by Gasteiger charge is 2.09. The van der Waals surface area contributed by atoms with Crippen molar-refractivity contribution in [2.75, 3.05) is 5.32 Å². The van der Waals surface area contributed by atoms with Gasteiger partial charge in [-0.25, -0.2) is 14.6 Å². The van der Waals surface area contributed by atoms with Crippen molar-refractivity contribution in [2.24, 2.45) is 0 Å². The van der Waals surface area contributed by atoms with Gasteiger partial charge in [0.05, 0.1) is 11.4 Å². The van der Waals surface area contributed by atoms with E-state index in [4.69, 9.17) is 0 Å². The number of hydrogen-bond acceptors (Lipinski definition) is 6. The first-order valence-electron chi connectivity index (χ1n) is 7.72. The van der Waals surface area contributed by atoms with Crippen LogP contribution in [0.3, 0.4) is 0 Å². The highest BCUT2D eigenvalue weighted by atomic mass is 15.3. The number of nitrogens with zero attached hydrogens (tertiary/aromatic N) is 6. The van der Waals surface area contributed by atoms with Crippen molar-refractivity contribution >= 4 is 5.95 Å². The smallest absolute Gasteiger partial charge is 0.243 e. The van der Waals surface area contributed by atoms with E-state index in [9.17, 15) is 0 Å². The monoisotopic (exact) mass is 309 g/mol. The van der Waals surface area contributed by atoms with Gasteiger partial charge in [0.1, 0.15) is 0 Å². The molecule has 0 aliphatic rings. The highest BCUT2D eigenvalue weighted by Crippen LogP contribution is 2.12. The lowest BCUT2D eigenvalue weighted by Gasteiger charge is -2.10. The average Bonchev–Trinajstić information content (AvgIpc) is 3.14. The Kier molecular flexibility index (Phi) is 4.56. The molecule has 3 aromatic rings. The van der Waals surface area contributed by atoms with E-state index in [-0.39, 0.29) is 0 Å². The molecule has 0 bridgehead atoms. The van der Waals surface area contributed by atoms with Gasteiger partial charge in [0.15, 0.2) is 5.82 Å². The molecule has 0 aliphatic carbocycles. The van der Waals surface area contributed by atoms with Crippen LogP contribution in [0.1, 0.15) is 30.8 Å². The van der Waals surface area contributed by atoms with E-state index in [1.54, 1.807) is 17.1 Å². The van der Waals surface area contributed by atoms with Gasteiger partial charge >= 0.3 is 0 Å². The quantitative estimate of drug-likeness (QED) is 0.751. The Labute approximate surface area is 134 Å². The lowest BCUT2D eigenvalue weighted by atomic mass is 10.2. The molecular formula is C16H19N7. The number of pyridine rings is 1. The van der Waals surface area contributed by atoms with Crippen molar-refractivity contribution in [3.8, 4) is 5.82 Å². The van der Waals surface area contributed by atoms with Crippen LogP contribution in [-0.4, -0.2) is 29.9 Å². The molecule has 0 saturated heterocycles. The van der Waals surface area contributed by atoms with Crippen molar-refractivity contribution in [3.63, 3.8) is 0 Å². The Hall–Kier alpha value is -2.83. The predicted molar refractivity (Wildman–Crippen MR) is 87.3 cm³/mol. The van der Waals surface area contributed by atoms with E-state index < -0.39 is 0 Å². The molecule has 7 nitrogen and oxygen atoms in total. The number of aromatic nitrogens is 6. The Morgan fingerprint density at radius 3 is 2.65 bits per heavy atom. The zero-order valence-electron chi connectivity index (χ0n) is 13.3. The van der Waals surface area contributed by atoms with Gasteiger partial charge in [-0.15, -0.1) is 5.10 Å². The molecule has 3 heterocycles. The SMILES string of the molecule is CCc1nnc(NCc2cccnc2-n2cccn2)nc1CC. The lowest BCUT2D eigenvalue weighted by molar-refractivity contribution is 0.809. The Morgan fingerprint density at radius 1 is 1.04 bits per heavy atom. The Bertz CT molecular complexity index is 768. The molecule has 7 heteroatoms. The minimum absolute atomic E-state index is 0.536. The first-order chi connectivity index (χ1) is 11.3. The molecule has 1 N–H and O–H groups in total. The van der Waals surface area contributed by atoms with Crippen molar-refractivity contribution in [3.05, 3.63) is 53.7 Å². The maximum Gasteiger partial charge on any atom is 0.243 e. The van der Waals surface area contributed by atoms with E-state index in [2.05, 4.69) is 44.4 Å². The predicted octanol–water partition coefficient (Wildman–Crippen LogP) is 2.19. The number of rotatable bonds is 6. The van der Waals surface area contributed by atoms with Gasteiger partial charge in [-0.1, -0.05) is 19.9 Å². The van der Waals surface area contributed by atoms with E-state index in [1.807, 2.05) is 24.4 Å². The number of hydrogen-bond donors (Lipinski definition) is 1. The van der Waals surface area contributed by atoms with Gasteiger partial charge in [-0.05, 0) is 25.0 Å². The molecular weight excluding hydrogens is 290 g/mol. The highest BCUT2D eigenvalue weighted by molar-refractivity contribution is 5.36. The molecule has 0 amide bonds. The molecule has 0 aromatic carbocycles. The van der Waals surface area contributed by atoms with Gasteiger partial charge < -0.3 is 5.32 Å². The van der Waals surface area contributed by atoms with Crippen LogP contribution in [0.25, 0.3) is 5.82 Å². The third-order valence-electron chi connectivity index (χ3n) is 3.54. The summed E-state index contributed by atoms with van der Waals surface area (Å²) in [5.74, 6) is 1.33. The average molecular weight is 309 g/mol. The van der Waals surface area contributed by atoms with E-state index in [1.165, 1.54) is 0 Å².